The molecule has 0 radical (unpaired) electrons. The second kappa shape index (κ2) is 7.12. The number of imide groups is 1. The molecule has 2 heterocycles. The second-order valence-electron chi connectivity index (χ2n) is 7.14. The van der Waals surface area contributed by atoms with E-state index in [0.29, 0.717) is 22.8 Å². The standard InChI is InChI=1S/C21H20N2O6/c1-21(10-13-7-8-17-18(9-13)29-12-28-17)19(25)23(20(26)22-21)11-15(24)14-5-3-4-6-16(14)27-2/h3-9H,10-12H2,1-2H3,(H,22,26). The van der Waals surface area contributed by atoms with Gasteiger partial charge in [-0.1, -0.05) is 18.2 Å². The number of carbonyl (C=O) groups excluding carboxylic acids is 3. The van der Waals surface area contributed by atoms with Crippen LogP contribution in [0.1, 0.15) is 22.8 Å². The summed E-state index contributed by atoms with van der Waals surface area (Å²) >= 11 is 0. The number of hydrogen-bond donors (Lipinski definition) is 1. The number of rotatable bonds is 6. The number of ether oxygens (including phenoxy) is 3. The highest BCUT2D eigenvalue weighted by Gasteiger charge is 2.48. The summed E-state index contributed by atoms with van der Waals surface area (Å²) in [5.74, 6) is 0.810. The maximum atomic E-state index is 13.0. The molecular formula is C21H20N2O6. The van der Waals surface area contributed by atoms with Crippen molar-refractivity contribution in [3.63, 3.8) is 0 Å². The molecule has 0 spiro atoms. The zero-order valence-corrected chi connectivity index (χ0v) is 16.1. The normalized spacial score (nSPS) is 20.0. The van der Waals surface area contributed by atoms with Crippen LogP contribution in [0.5, 0.6) is 17.2 Å². The van der Waals surface area contributed by atoms with Crippen molar-refractivity contribution in [3.05, 3.63) is 53.6 Å². The first-order chi connectivity index (χ1) is 13.9. The van der Waals surface area contributed by atoms with E-state index >= 15 is 0 Å². The highest BCUT2D eigenvalue weighted by atomic mass is 16.7. The molecule has 1 saturated heterocycles. The molecule has 1 N–H and O–H groups in total. The lowest BCUT2D eigenvalue weighted by molar-refractivity contribution is -0.130. The Balaban J connectivity index is 1.51. The van der Waals surface area contributed by atoms with Crippen molar-refractivity contribution in [3.8, 4) is 17.2 Å². The first-order valence-electron chi connectivity index (χ1n) is 9.10. The lowest BCUT2D eigenvalue weighted by Gasteiger charge is -2.22. The zero-order valence-electron chi connectivity index (χ0n) is 16.1. The van der Waals surface area contributed by atoms with E-state index in [4.69, 9.17) is 14.2 Å². The van der Waals surface area contributed by atoms with Crippen LogP contribution >= 0.6 is 0 Å². The molecule has 2 aliphatic rings. The topological polar surface area (TPSA) is 94.2 Å². The van der Waals surface area contributed by atoms with Crippen LogP contribution in [0.15, 0.2) is 42.5 Å². The van der Waals surface area contributed by atoms with E-state index in [9.17, 15) is 14.4 Å². The summed E-state index contributed by atoms with van der Waals surface area (Å²) in [5, 5.41) is 2.71. The van der Waals surface area contributed by atoms with Gasteiger partial charge in [0.25, 0.3) is 5.91 Å². The van der Waals surface area contributed by atoms with Gasteiger partial charge in [0.2, 0.25) is 6.79 Å². The number of hydrogen-bond acceptors (Lipinski definition) is 6. The molecule has 1 unspecified atom stereocenters. The minimum atomic E-state index is -1.16. The van der Waals surface area contributed by atoms with E-state index in [2.05, 4.69) is 5.32 Å². The smallest absolute Gasteiger partial charge is 0.325 e. The molecular weight excluding hydrogens is 376 g/mol. The summed E-state index contributed by atoms with van der Waals surface area (Å²) in [6.45, 7) is 1.44. The van der Waals surface area contributed by atoms with E-state index in [1.165, 1.54) is 7.11 Å². The van der Waals surface area contributed by atoms with Gasteiger partial charge in [-0.05, 0) is 36.8 Å². The van der Waals surface area contributed by atoms with Crippen LogP contribution in [-0.2, 0) is 11.2 Å². The van der Waals surface area contributed by atoms with Crippen molar-refractivity contribution in [2.24, 2.45) is 0 Å². The molecule has 2 aromatic carbocycles. The van der Waals surface area contributed by atoms with Gasteiger partial charge in [-0.15, -0.1) is 0 Å². The van der Waals surface area contributed by atoms with Gasteiger partial charge in [0.1, 0.15) is 11.3 Å². The van der Waals surface area contributed by atoms with Crippen LogP contribution in [0.25, 0.3) is 0 Å². The summed E-state index contributed by atoms with van der Waals surface area (Å²) in [7, 11) is 1.46. The van der Waals surface area contributed by atoms with Crippen LogP contribution in [-0.4, -0.2) is 48.6 Å². The SMILES string of the molecule is COc1ccccc1C(=O)CN1C(=O)NC(C)(Cc2ccc3c(c2)OCO3)C1=O. The van der Waals surface area contributed by atoms with Crippen molar-refractivity contribution in [1.29, 1.82) is 0 Å². The Morgan fingerprint density at radius 1 is 1.17 bits per heavy atom. The van der Waals surface area contributed by atoms with Crippen LogP contribution < -0.4 is 19.5 Å². The number of benzene rings is 2. The summed E-state index contributed by atoms with van der Waals surface area (Å²) in [5.41, 5.74) is -0.0328. The van der Waals surface area contributed by atoms with Crippen LogP contribution in [0.4, 0.5) is 4.79 Å². The Morgan fingerprint density at radius 2 is 1.93 bits per heavy atom. The molecule has 1 atom stereocenters. The maximum Gasteiger partial charge on any atom is 0.325 e. The molecule has 2 aromatic rings. The number of nitrogens with one attached hydrogen (secondary N) is 1. The van der Waals surface area contributed by atoms with Crippen molar-refractivity contribution in [2.45, 2.75) is 18.9 Å². The third kappa shape index (κ3) is 3.37. The predicted octanol–water partition coefficient (Wildman–Crippen LogP) is 2.16. The molecule has 8 heteroatoms. The number of methoxy groups -OCH3 is 1. The number of carbonyl (C=O) groups is 3. The monoisotopic (exact) mass is 396 g/mol. The zero-order chi connectivity index (χ0) is 20.6. The number of amides is 3. The number of nitrogens with zero attached hydrogens (tertiary/aromatic N) is 1. The fraction of sp³-hybridized carbons (Fsp3) is 0.286. The molecule has 8 nitrogen and oxygen atoms in total. The average molecular weight is 396 g/mol. The Morgan fingerprint density at radius 3 is 2.72 bits per heavy atom. The van der Waals surface area contributed by atoms with Gasteiger partial charge in [-0.3, -0.25) is 14.5 Å². The van der Waals surface area contributed by atoms with E-state index in [0.717, 1.165) is 10.5 Å². The molecule has 0 aliphatic carbocycles. The predicted molar refractivity (Wildman–Crippen MR) is 102 cm³/mol. The Bertz CT molecular complexity index is 1000. The minimum absolute atomic E-state index is 0.157. The highest BCUT2D eigenvalue weighted by Crippen LogP contribution is 2.34. The molecule has 1 fully saturated rings. The Kier molecular flexibility index (Phi) is 4.62. The van der Waals surface area contributed by atoms with E-state index in [1.54, 1.807) is 43.3 Å². The van der Waals surface area contributed by atoms with Gasteiger partial charge in [-0.25, -0.2) is 4.79 Å². The van der Waals surface area contributed by atoms with Crippen molar-refractivity contribution in [1.82, 2.24) is 10.2 Å². The first-order valence-corrected chi connectivity index (χ1v) is 9.10. The summed E-state index contributed by atoms with van der Waals surface area (Å²) < 4.78 is 15.9. The van der Waals surface area contributed by atoms with E-state index in [1.807, 2.05) is 6.07 Å². The number of Topliss-reactive ketones (excluding diaryl/α,β-unsaturated/α-hetero) is 1. The number of para-hydroxylation sites is 1. The van der Waals surface area contributed by atoms with Crippen molar-refractivity contribution in [2.75, 3.05) is 20.4 Å². The Labute approximate surface area is 167 Å². The van der Waals surface area contributed by atoms with Crippen molar-refractivity contribution >= 4 is 17.7 Å². The van der Waals surface area contributed by atoms with Gasteiger partial charge in [0.15, 0.2) is 17.3 Å². The van der Waals surface area contributed by atoms with Crippen LogP contribution in [0.3, 0.4) is 0 Å². The van der Waals surface area contributed by atoms with Crippen LogP contribution in [0.2, 0.25) is 0 Å². The molecule has 4 rings (SSSR count). The molecule has 29 heavy (non-hydrogen) atoms. The van der Waals surface area contributed by atoms with Crippen molar-refractivity contribution < 1.29 is 28.6 Å². The van der Waals surface area contributed by atoms with E-state index < -0.39 is 17.5 Å². The van der Waals surface area contributed by atoms with Gasteiger partial charge < -0.3 is 19.5 Å². The lowest BCUT2D eigenvalue weighted by atomic mass is 9.92. The largest absolute Gasteiger partial charge is 0.496 e. The molecule has 2 aliphatic heterocycles. The van der Waals surface area contributed by atoms with Gasteiger partial charge >= 0.3 is 6.03 Å². The third-order valence-corrected chi connectivity index (χ3v) is 5.05. The molecule has 0 bridgehead atoms. The summed E-state index contributed by atoms with van der Waals surface area (Å²) in [6, 6.07) is 11.5. The quantitative estimate of drug-likeness (QED) is 0.594. The first kappa shape index (κ1) is 18.8. The van der Waals surface area contributed by atoms with Crippen LogP contribution in [0, 0.1) is 0 Å². The van der Waals surface area contributed by atoms with Gasteiger partial charge in [-0.2, -0.15) is 0 Å². The highest BCUT2D eigenvalue weighted by molar-refractivity contribution is 6.11. The maximum absolute atomic E-state index is 13.0. The number of urea groups is 1. The third-order valence-electron chi connectivity index (χ3n) is 5.05. The summed E-state index contributed by atoms with van der Waals surface area (Å²) in [6.07, 6.45) is 0.258. The van der Waals surface area contributed by atoms with Gasteiger partial charge in [0, 0.05) is 6.42 Å². The molecule has 3 amide bonds. The fourth-order valence-electron chi connectivity index (χ4n) is 3.57. The number of fused-ring (bicyclic) bond motifs is 1. The minimum Gasteiger partial charge on any atom is -0.496 e. The fourth-order valence-corrected chi connectivity index (χ4v) is 3.57. The number of ketones is 1. The average Bonchev–Trinajstić information content (AvgIpc) is 3.25. The second-order valence-corrected chi connectivity index (χ2v) is 7.14. The summed E-state index contributed by atoms with van der Waals surface area (Å²) in [4.78, 5) is 39.1. The lowest BCUT2D eigenvalue weighted by Crippen LogP contribution is -2.46. The molecule has 150 valence electrons. The van der Waals surface area contributed by atoms with Gasteiger partial charge in [0.05, 0.1) is 19.2 Å². The Hall–Kier alpha value is -3.55. The molecule has 0 saturated carbocycles. The molecule has 0 aromatic heterocycles. The van der Waals surface area contributed by atoms with E-state index in [-0.39, 0.29) is 25.5 Å².